The van der Waals surface area contributed by atoms with Gasteiger partial charge in [-0.05, 0) is 36.5 Å². The van der Waals surface area contributed by atoms with E-state index in [9.17, 15) is 0 Å². The molecule has 2 nitrogen and oxygen atoms in total. The summed E-state index contributed by atoms with van der Waals surface area (Å²) in [5.74, 6) is 1.15. The van der Waals surface area contributed by atoms with Gasteiger partial charge in [0.2, 0.25) is 0 Å². The summed E-state index contributed by atoms with van der Waals surface area (Å²) in [4.78, 5) is 4.67. The second-order valence-electron chi connectivity index (χ2n) is 5.58. The van der Waals surface area contributed by atoms with Gasteiger partial charge in [-0.1, -0.05) is 55.0 Å². The van der Waals surface area contributed by atoms with Crippen LogP contribution in [-0.2, 0) is 6.42 Å². The monoisotopic (exact) mass is 278 g/mol. The van der Waals surface area contributed by atoms with Crippen LogP contribution in [0.15, 0.2) is 59.6 Å². The Morgan fingerprint density at radius 1 is 0.857 bits per heavy atom. The molecule has 0 saturated carbocycles. The average Bonchev–Trinajstić information content (AvgIpc) is 2.79. The first kappa shape index (κ1) is 13.9. The smallest absolute Gasteiger partial charge is 0.101 e. The van der Waals surface area contributed by atoms with Crippen LogP contribution in [0, 0.1) is 0 Å². The van der Waals surface area contributed by atoms with Crippen LogP contribution < -0.4 is 5.32 Å². The fraction of sp³-hybridized carbons (Fsp3) is 0.316. The minimum Gasteiger partial charge on any atom is -0.344 e. The summed E-state index contributed by atoms with van der Waals surface area (Å²) in [6.07, 6.45) is 5.78. The second-order valence-corrected chi connectivity index (χ2v) is 5.58. The first-order chi connectivity index (χ1) is 10.4. The SMILES string of the molecule is c1ccc(Cc2ccccc2NC2=NCCCCC2)cc1. The predicted octanol–water partition coefficient (Wildman–Crippen LogP) is 4.66. The van der Waals surface area contributed by atoms with Crippen molar-refractivity contribution in [3.63, 3.8) is 0 Å². The van der Waals surface area contributed by atoms with Crippen molar-refractivity contribution in [1.29, 1.82) is 0 Å². The lowest BCUT2D eigenvalue weighted by Gasteiger charge is -2.13. The Hall–Kier alpha value is -2.09. The molecule has 0 unspecified atom stereocenters. The Morgan fingerprint density at radius 2 is 1.67 bits per heavy atom. The molecule has 0 spiro atoms. The van der Waals surface area contributed by atoms with Gasteiger partial charge in [0, 0.05) is 18.7 Å². The van der Waals surface area contributed by atoms with E-state index < -0.39 is 0 Å². The topological polar surface area (TPSA) is 24.4 Å². The minimum absolute atomic E-state index is 0.956. The molecule has 1 aliphatic heterocycles. The Bertz CT molecular complexity index is 602. The number of hydrogen-bond donors (Lipinski definition) is 1. The van der Waals surface area contributed by atoms with Crippen molar-refractivity contribution >= 4 is 11.5 Å². The Kier molecular flexibility index (Phi) is 4.67. The number of anilines is 1. The van der Waals surface area contributed by atoms with Crippen molar-refractivity contribution < 1.29 is 0 Å². The molecule has 1 N–H and O–H groups in total. The van der Waals surface area contributed by atoms with Crippen LogP contribution in [0.4, 0.5) is 5.69 Å². The molecule has 0 aromatic heterocycles. The van der Waals surface area contributed by atoms with Crippen LogP contribution in [0.5, 0.6) is 0 Å². The van der Waals surface area contributed by atoms with Crippen LogP contribution >= 0.6 is 0 Å². The van der Waals surface area contributed by atoms with E-state index in [1.54, 1.807) is 0 Å². The molecule has 0 amide bonds. The van der Waals surface area contributed by atoms with E-state index in [4.69, 9.17) is 0 Å². The number of amidine groups is 1. The maximum absolute atomic E-state index is 4.67. The van der Waals surface area contributed by atoms with E-state index >= 15 is 0 Å². The number of rotatable bonds is 3. The molecule has 1 aliphatic rings. The lowest BCUT2D eigenvalue weighted by Crippen LogP contribution is -2.13. The van der Waals surface area contributed by atoms with Crippen molar-refractivity contribution in [2.45, 2.75) is 32.1 Å². The summed E-state index contributed by atoms with van der Waals surface area (Å²) in [7, 11) is 0. The highest BCUT2D eigenvalue weighted by atomic mass is 15.0. The van der Waals surface area contributed by atoms with Crippen LogP contribution in [0.1, 0.15) is 36.8 Å². The molecule has 0 saturated heterocycles. The Labute approximate surface area is 126 Å². The van der Waals surface area contributed by atoms with Gasteiger partial charge in [0.15, 0.2) is 0 Å². The third-order valence-electron chi connectivity index (χ3n) is 3.91. The molecule has 2 aromatic carbocycles. The van der Waals surface area contributed by atoms with Crippen LogP contribution in [-0.4, -0.2) is 12.4 Å². The lowest BCUT2D eigenvalue weighted by molar-refractivity contribution is 0.731. The third kappa shape index (κ3) is 3.94. The molecule has 0 bridgehead atoms. The van der Waals surface area contributed by atoms with Gasteiger partial charge in [-0.25, -0.2) is 0 Å². The standard InChI is InChI=1S/C19H22N2/c1-3-9-16(10-4-1)15-17-11-6-7-12-18(17)21-19-13-5-2-8-14-20-19/h1,3-4,6-7,9-12H,2,5,8,13-15H2,(H,20,21). The zero-order valence-corrected chi connectivity index (χ0v) is 12.4. The number of nitrogens with zero attached hydrogens (tertiary/aromatic N) is 1. The minimum atomic E-state index is 0.956. The van der Waals surface area contributed by atoms with Gasteiger partial charge in [0.1, 0.15) is 5.84 Å². The van der Waals surface area contributed by atoms with E-state index in [0.29, 0.717) is 0 Å². The summed E-state index contributed by atoms with van der Waals surface area (Å²) in [5.41, 5.74) is 3.87. The van der Waals surface area contributed by atoms with E-state index in [0.717, 1.165) is 25.2 Å². The van der Waals surface area contributed by atoms with Gasteiger partial charge in [0.05, 0.1) is 0 Å². The molecule has 0 fully saturated rings. The lowest BCUT2D eigenvalue weighted by atomic mass is 10.0. The summed E-state index contributed by atoms with van der Waals surface area (Å²) in [6.45, 7) is 0.961. The van der Waals surface area contributed by atoms with Crippen molar-refractivity contribution in [2.24, 2.45) is 4.99 Å². The molecular weight excluding hydrogens is 256 g/mol. The second kappa shape index (κ2) is 7.07. The average molecular weight is 278 g/mol. The van der Waals surface area contributed by atoms with Gasteiger partial charge >= 0.3 is 0 Å². The number of para-hydroxylation sites is 1. The fourth-order valence-corrected chi connectivity index (χ4v) is 2.74. The van der Waals surface area contributed by atoms with E-state index in [2.05, 4.69) is 64.9 Å². The molecule has 3 rings (SSSR count). The Balaban J connectivity index is 1.77. The van der Waals surface area contributed by atoms with Crippen LogP contribution in [0.3, 0.4) is 0 Å². The van der Waals surface area contributed by atoms with Crippen LogP contribution in [0.25, 0.3) is 0 Å². The molecule has 0 radical (unpaired) electrons. The molecule has 1 heterocycles. The van der Waals surface area contributed by atoms with E-state index in [-0.39, 0.29) is 0 Å². The summed E-state index contributed by atoms with van der Waals surface area (Å²) < 4.78 is 0. The summed E-state index contributed by atoms with van der Waals surface area (Å²) in [6, 6.07) is 19.2. The highest BCUT2D eigenvalue weighted by molar-refractivity contribution is 5.96. The maximum atomic E-state index is 4.67. The van der Waals surface area contributed by atoms with Gasteiger partial charge in [-0.2, -0.15) is 0 Å². The quantitative estimate of drug-likeness (QED) is 0.867. The fourth-order valence-electron chi connectivity index (χ4n) is 2.74. The zero-order valence-electron chi connectivity index (χ0n) is 12.4. The molecule has 108 valence electrons. The highest BCUT2D eigenvalue weighted by Gasteiger charge is 2.08. The number of hydrogen-bond acceptors (Lipinski definition) is 2. The van der Waals surface area contributed by atoms with Crippen molar-refractivity contribution in [1.82, 2.24) is 0 Å². The van der Waals surface area contributed by atoms with Gasteiger partial charge in [0.25, 0.3) is 0 Å². The number of aliphatic imine (C=N–C) groups is 1. The molecule has 0 aliphatic carbocycles. The van der Waals surface area contributed by atoms with E-state index in [1.165, 1.54) is 36.1 Å². The molecule has 21 heavy (non-hydrogen) atoms. The van der Waals surface area contributed by atoms with Crippen molar-refractivity contribution in [2.75, 3.05) is 11.9 Å². The van der Waals surface area contributed by atoms with E-state index in [1.807, 2.05) is 0 Å². The largest absolute Gasteiger partial charge is 0.344 e. The molecule has 2 heteroatoms. The van der Waals surface area contributed by atoms with Crippen molar-refractivity contribution in [3.8, 4) is 0 Å². The zero-order chi connectivity index (χ0) is 14.3. The molecule has 0 atom stereocenters. The highest BCUT2D eigenvalue weighted by Crippen LogP contribution is 2.20. The third-order valence-corrected chi connectivity index (χ3v) is 3.91. The molecular formula is C19H22N2. The normalized spacial score (nSPS) is 15.1. The van der Waals surface area contributed by atoms with Gasteiger partial charge in [-0.3, -0.25) is 4.99 Å². The summed E-state index contributed by atoms with van der Waals surface area (Å²) >= 11 is 0. The first-order valence-electron chi connectivity index (χ1n) is 7.84. The number of nitrogens with one attached hydrogen (secondary N) is 1. The predicted molar refractivity (Wildman–Crippen MR) is 90.1 cm³/mol. The molecule has 2 aromatic rings. The van der Waals surface area contributed by atoms with Gasteiger partial charge in [-0.15, -0.1) is 0 Å². The maximum Gasteiger partial charge on any atom is 0.101 e. The number of benzene rings is 2. The van der Waals surface area contributed by atoms with Crippen LogP contribution in [0.2, 0.25) is 0 Å². The van der Waals surface area contributed by atoms with Gasteiger partial charge < -0.3 is 5.32 Å². The Morgan fingerprint density at radius 3 is 2.57 bits per heavy atom. The summed E-state index contributed by atoms with van der Waals surface area (Å²) in [5, 5.41) is 3.56. The first-order valence-corrected chi connectivity index (χ1v) is 7.84. The van der Waals surface area contributed by atoms with Crippen molar-refractivity contribution in [3.05, 3.63) is 65.7 Å².